The summed E-state index contributed by atoms with van der Waals surface area (Å²) in [6, 6.07) is 17.9. The summed E-state index contributed by atoms with van der Waals surface area (Å²) in [6.07, 6.45) is -1.74. The summed E-state index contributed by atoms with van der Waals surface area (Å²) in [5.74, 6) is -0.867. The van der Waals surface area contributed by atoms with E-state index in [1.165, 1.54) is 7.11 Å². The molecule has 0 radical (unpaired) electrons. The van der Waals surface area contributed by atoms with E-state index < -0.39 is 46.0 Å². The van der Waals surface area contributed by atoms with Crippen LogP contribution in [0.5, 0.6) is 0 Å². The van der Waals surface area contributed by atoms with Gasteiger partial charge in [-0.3, -0.25) is 9.50 Å². The third-order valence-corrected chi connectivity index (χ3v) is 6.19. The van der Waals surface area contributed by atoms with E-state index in [4.69, 9.17) is 23.1 Å². The summed E-state index contributed by atoms with van der Waals surface area (Å²) in [5, 5.41) is 5.56. The van der Waals surface area contributed by atoms with Gasteiger partial charge in [0.15, 0.2) is 5.70 Å². The number of carbonyl (C=O) groups excluding carboxylic acids is 2. The number of benzene rings is 2. The molecule has 12 heteroatoms. The van der Waals surface area contributed by atoms with E-state index in [1.807, 2.05) is 60.7 Å². The Kier molecular flexibility index (Phi) is 10.7. The lowest BCUT2D eigenvalue weighted by molar-refractivity contribution is -0.136. The largest absolute Gasteiger partial charge is 0.464 e. The van der Waals surface area contributed by atoms with Crippen LogP contribution in [-0.2, 0) is 51.3 Å². The molecule has 1 aliphatic heterocycles. The topological polar surface area (TPSA) is 138 Å². The maximum atomic E-state index is 12.9. The molecule has 2 aromatic carbocycles. The first-order valence-electron chi connectivity index (χ1n) is 12.6. The molecule has 1 saturated heterocycles. The van der Waals surface area contributed by atoms with E-state index in [0.717, 1.165) is 17.4 Å². The van der Waals surface area contributed by atoms with Gasteiger partial charge in [0.25, 0.3) is 10.1 Å². The van der Waals surface area contributed by atoms with Gasteiger partial charge in [-0.25, -0.2) is 9.59 Å². The fraction of sp³-hybridized carbons (Fsp3) is 0.429. The van der Waals surface area contributed by atoms with Crippen molar-refractivity contribution in [2.75, 3.05) is 20.0 Å². The first kappa shape index (κ1) is 31.1. The van der Waals surface area contributed by atoms with Crippen molar-refractivity contribution in [3.05, 3.63) is 83.2 Å². The molecule has 0 bridgehead atoms. The Morgan fingerprint density at radius 2 is 1.48 bits per heavy atom. The maximum absolute atomic E-state index is 12.9. The quantitative estimate of drug-likeness (QED) is 0.233. The minimum atomic E-state index is -3.81. The Hall–Kier alpha value is -3.45. The number of esters is 1. The Balaban J connectivity index is 2.03. The summed E-state index contributed by atoms with van der Waals surface area (Å²) in [7, 11) is -2.64. The molecule has 11 nitrogen and oxygen atoms in total. The molecule has 1 heterocycles. The van der Waals surface area contributed by atoms with Crippen molar-refractivity contribution in [3.8, 4) is 0 Å². The van der Waals surface area contributed by atoms with Crippen LogP contribution in [0, 0.1) is 0 Å². The zero-order valence-electron chi connectivity index (χ0n) is 23.2. The van der Waals surface area contributed by atoms with Crippen LogP contribution >= 0.6 is 0 Å². The summed E-state index contributed by atoms with van der Waals surface area (Å²) in [4.78, 5) is 25.6. The van der Waals surface area contributed by atoms with Gasteiger partial charge in [-0.2, -0.15) is 8.42 Å². The summed E-state index contributed by atoms with van der Waals surface area (Å²) in [6.45, 7) is 5.01. The second-order valence-electron chi connectivity index (χ2n) is 10.1. The fourth-order valence-corrected chi connectivity index (χ4v) is 4.33. The number of methoxy groups -OCH3 is 1. The molecule has 1 amide bonds. The fourth-order valence-electron chi connectivity index (χ4n) is 3.93. The highest BCUT2D eigenvalue weighted by atomic mass is 32.2. The lowest BCUT2D eigenvalue weighted by Crippen LogP contribution is -2.40. The molecular formula is C28H36N2O9S. The third kappa shape index (κ3) is 9.63. The molecular weight excluding hydrogens is 540 g/mol. The van der Waals surface area contributed by atoms with Crippen molar-refractivity contribution >= 4 is 22.2 Å². The lowest BCUT2D eigenvalue weighted by Gasteiger charge is -2.25. The molecule has 2 aromatic rings. The van der Waals surface area contributed by atoms with Gasteiger partial charge < -0.3 is 24.3 Å². The SMILES string of the molecule is COC(=O)/C(NC(=O)OC(C)(C)C)=C1\N[C@@H](COS(C)(=O)=O)[C@@H](OCc2ccccc2)[C@@H]1OCc1ccccc1. The van der Waals surface area contributed by atoms with Crippen molar-refractivity contribution in [2.45, 2.75) is 57.8 Å². The highest BCUT2D eigenvalue weighted by Gasteiger charge is 2.45. The maximum Gasteiger partial charge on any atom is 0.412 e. The van der Waals surface area contributed by atoms with E-state index in [9.17, 15) is 18.0 Å². The zero-order valence-corrected chi connectivity index (χ0v) is 24.0. The summed E-state index contributed by atoms with van der Waals surface area (Å²) in [5.41, 5.74) is 0.748. The highest BCUT2D eigenvalue weighted by molar-refractivity contribution is 7.85. The van der Waals surface area contributed by atoms with Gasteiger partial charge in [-0.15, -0.1) is 0 Å². The molecule has 0 unspecified atom stereocenters. The molecule has 0 saturated carbocycles. The molecule has 0 aromatic heterocycles. The van der Waals surface area contributed by atoms with Gasteiger partial charge in [-0.05, 0) is 31.9 Å². The molecule has 1 aliphatic rings. The number of carbonyl (C=O) groups is 2. The van der Waals surface area contributed by atoms with Crippen molar-refractivity contribution in [1.82, 2.24) is 10.6 Å². The number of amides is 1. The number of nitrogens with one attached hydrogen (secondary N) is 2. The van der Waals surface area contributed by atoms with E-state index in [0.29, 0.717) is 0 Å². The number of rotatable bonds is 11. The van der Waals surface area contributed by atoms with Crippen molar-refractivity contribution < 1.29 is 41.1 Å². The zero-order chi connectivity index (χ0) is 29.3. The number of hydrogen-bond acceptors (Lipinski definition) is 10. The minimum absolute atomic E-state index is 0.127. The van der Waals surface area contributed by atoms with Gasteiger partial charge in [0, 0.05) is 0 Å². The van der Waals surface area contributed by atoms with Crippen LogP contribution in [-0.4, -0.2) is 64.3 Å². The lowest BCUT2D eigenvalue weighted by atomic mass is 10.1. The van der Waals surface area contributed by atoms with Crippen LogP contribution in [0.4, 0.5) is 4.79 Å². The van der Waals surface area contributed by atoms with E-state index >= 15 is 0 Å². The Morgan fingerprint density at radius 1 is 0.925 bits per heavy atom. The molecule has 0 aliphatic carbocycles. The predicted molar refractivity (Wildman–Crippen MR) is 146 cm³/mol. The number of alkyl carbamates (subject to hydrolysis) is 1. The van der Waals surface area contributed by atoms with Crippen LogP contribution in [0.1, 0.15) is 31.9 Å². The monoisotopic (exact) mass is 576 g/mol. The molecule has 0 spiro atoms. The second kappa shape index (κ2) is 13.8. The van der Waals surface area contributed by atoms with Gasteiger partial charge in [-0.1, -0.05) is 60.7 Å². The second-order valence-corrected chi connectivity index (χ2v) is 11.8. The minimum Gasteiger partial charge on any atom is -0.464 e. The van der Waals surface area contributed by atoms with Gasteiger partial charge in [0.2, 0.25) is 0 Å². The van der Waals surface area contributed by atoms with Gasteiger partial charge in [0.1, 0.15) is 17.8 Å². The van der Waals surface area contributed by atoms with Crippen LogP contribution in [0.2, 0.25) is 0 Å². The van der Waals surface area contributed by atoms with E-state index in [-0.39, 0.29) is 31.2 Å². The highest BCUT2D eigenvalue weighted by Crippen LogP contribution is 2.29. The van der Waals surface area contributed by atoms with Crippen LogP contribution in [0.3, 0.4) is 0 Å². The molecule has 1 fully saturated rings. The molecule has 40 heavy (non-hydrogen) atoms. The normalized spacial score (nSPS) is 20.4. The standard InChI is InChI=1S/C28H36N2O9S/c1-28(2,3)39-27(32)30-23(26(31)35-4)22-25(37-17-20-14-10-7-11-15-20)24(21(29-22)18-38-40(5,33)34)36-16-19-12-8-6-9-13-19/h6-15,21,24-25,29H,16-18H2,1-5H3,(H,30,32)/b23-22+/t21-,24+,25+/m0/s1. The molecule has 3 atom stereocenters. The average molecular weight is 577 g/mol. The Bertz CT molecular complexity index is 1280. The molecule has 3 rings (SSSR count). The van der Waals surface area contributed by atoms with Crippen LogP contribution in [0.25, 0.3) is 0 Å². The predicted octanol–water partition coefficient (Wildman–Crippen LogP) is 3.01. The summed E-state index contributed by atoms with van der Waals surface area (Å²) >= 11 is 0. The summed E-state index contributed by atoms with van der Waals surface area (Å²) < 4.78 is 51.6. The van der Waals surface area contributed by atoms with Crippen LogP contribution < -0.4 is 10.6 Å². The third-order valence-electron chi connectivity index (χ3n) is 5.62. The average Bonchev–Trinajstić information content (AvgIpc) is 3.24. The van der Waals surface area contributed by atoms with Crippen molar-refractivity contribution in [1.29, 1.82) is 0 Å². The Labute approximate surface area is 234 Å². The van der Waals surface area contributed by atoms with Crippen LogP contribution in [0.15, 0.2) is 72.1 Å². The van der Waals surface area contributed by atoms with Gasteiger partial charge >= 0.3 is 12.1 Å². The first-order chi connectivity index (χ1) is 18.9. The molecule has 2 N–H and O–H groups in total. The van der Waals surface area contributed by atoms with Gasteiger partial charge in [0.05, 0.1) is 44.9 Å². The van der Waals surface area contributed by atoms with Crippen molar-refractivity contribution in [2.24, 2.45) is 0 Å². The smallest absolute Gasteiger partial charge is 0.412 e. The molecule has 218 valence electrons. The van der Waals surface area contributed by atoms with E-state index in [1.54, 1.807) is 20.8 Å². The van der Waals surface area contributed by atoms with E-state index in [2.05, 4.69) is 10.6 Å². The Morgan fingerprint density at radius 3 is 1.98 bits per heavy atom. The number of hydrogen-bond donors (Lipinski definition) is 2. The van der Waals surface area contributed by atoms with Crippen molar-refractivity contribution in [3.63, 3.8) is 0 Å². The first-order valence-corrected chi connectivity index (χ1v) is 14.4. The number of ether oxygens (including phenoxy) is 4.